The molecule has 1 aliphatic heterocycles. The maximum absolute atomic E-state index is 12.5. The summed E-state index contributed by atoms with van der Waals surface area (Å²) >= 11 is 9.26. The Morgan fingerprint density at radius 1 is 1.50 bits per heavy atom. The molecule has 18 heavy (non-hydrogen) atoms. The Morgan fingerprint density at radius 2 is 2.22 bits per heavy atom. The second kappa shape index (κ2) is 5.46. The van der Waals surface area contributed by atoms with Gasteiger partial charge in [-0.1, -0.05) is 27.5 Å². The van der Waals surface area contributed by atoms with Crippen LogP contribution in [-0.4, -0.2) is 31.9 Å². The fourth-order valence-electron chi connectivity index (χ4n) is 2.16. The monoisotopic (exact) mass is 352 g/mol. The third-order valence-electron chi connectivity index (χ3n) is 3.08. The summed E-state index contributed by atoms with van der Waals surface area (Å²) < 4.78 is 27.2. The van der Waals surface area contributed by atoms with Gasteiger partial charge < -0.3 is 5.73 Å². The third-order valence-corrected chi connectivity index (χ3v) is 6.00. The molecule has 1 aliphatic rings. The Labute approximate surface area is 120 Å². The Morgan fingerprint density at radius 3 is 2.89 bits per heavy atom. The minimum Gasteiger partial charge on any atom is -0.329 e. The summed E-state index contributed by atoms with van der Waals surface area (Å²) in [5.41, 5.74) is 5.62. The average molecular weight is 354 g/mol. The molecule has 1 unspecified atom stereocenters. The van der Waals surface area contributed by atoms with Crippen LogP contribution in [0.15, 0.2) is 27.6 Å². The highest BCUT2D eigenvalue weighted by molar-refractivity contribution is 9.10. The van der Waals surface area contributed by atoms with Gasteiger partial charge in [0.15, 0.2) is 0 Å². The lowest BCUT2D eigenvalue weighted by Gasteiger charge is -2.23. The number of nitrogens with two attached hydrogens (primary N) is 1. The molecule has 100 valence electrons. The molecule has 0 aromatic heterocycles. The maximum atomic E-state index is 12.5. The van der Waals surface area contributed by atoms with Crippen LogP contribution in [0.1, 0.15) is 12.8 Å². The van der Waals surface area contributed by atoms with Crippen molar-refractivity contribution >= 4 is 37.6 Å². The minimum atomic E-state index is -3.56. The average Bonchev–Trinajstić information content (AvgIpc) is 2.81. The second-order valence-corrected chi connectivity index (χ2v) is 7.40. The van der Waals surface area contributed by atoms with E-state index in [1.807, 2.05) is 0 Å². The van der Waals surface area contributed by atoms with Crippen LogP contribution in [0.4, 0.5) is 0 Å². The van der Waals surface area contributed by atoms with Crippen LogP contribution in [0.3, 0.4) is 0 Å². The van der Waals surface area contributed by atoms with Gasteiger partial charge in [0.1, 0.15) is 4.90 Å². The van der Waals surface area contributed by atoms with E-state index >= 15 is 0 Å². The lowest BCUT2D eigenvalue weighted by molar-refractivity contribution is 0.393. The first-order valence-corrected chi connectivity index (χ1v) is 8.25. The first-order chi connectivity index (χ1) is 8.46. The van der Waals surface area contributed by atoms with Gasteiger partial charge in [0.05, 0.1) is 5.02 Å². The number of hydrogen-bond donors (Lipinski definition) is 1. The van der Waals surface area contributed by atoms with Crippen LogP contribution in [0.25, 0.3) is 0 Å². The van der Waals surface area contributed by atoms with E-state index in [1.54, 1.807) is 12.1 Å². The molecule has 0 spiro atoms. The quantitative estimate of drug-likeness (QED) is 0.906. The highest BCUT2D eigenvalue weighted by Crippen LogP contribution is 2.31. The van der Waals surface area contributed by atoms with Gasteiger partial charge in [0, 0.05) is 23.6 Å². The molecule has 0 bridgehead atoms. The molecule has 2 N–H and O–H groups in total. The molecule has 0 saturated carbocycles. The van der Waals surface area contributed by atoms with Crippen LogP contribution in [0, 0.1) is 0 Å². The first-order valence-electron chi connectivity index (χ1n) is 5.64. The van der Waals surface area contributed by atoms with Crippen molar-refractivity contribution in [2.24, 2.45) is 5.73 Å². The lowest BCUT2D eigenvalue weighted by Crippen LogP contribution is -2.39. The molecule has 1 atom stereocenters. The van der Waals surface area contributed by atoms with E-state index in [-0.39, 0.29) is 16.0 Å². The lowest BCUT2D eigenvalue weighted by atomic mass is 10.2. The van der Waals surface area contributed by atoms with E-state index < -0.39 is 10.0 Å². The predicted octanol–water partition coefficient (Wildman–Crippen LogP) is 2.21. The van der Waals surface area contributed by atoms with Gasteiger partial charge in [-0.15, -0.1) is 0 Å². The van der Waals surface area contributed by atoms with E-state index in [9.17, 15) is 8.42 Å². The number of sulfonamides is 1. The molecule has 4 nitrogen and oxygen atoms in total. The summed E-state index contributed by atoms with van der Waals surface area (Å²) in [7, 11) is -3.56. The summed E-state index contributed by atoms with van der Waals surface area (Å²) in [6.45, 7) is 0.845. The van der Waals surface area contributed by atoms with Gasteiger partial charge in [0.25, 0.3) is 0 Å². The molecule has 2 rings (SSSR count). The van der Waals surface area contributed by atoms with Crippen LogP contribution < -0.4 is 5.73 Å². The van der Waals surface area contributed by atoms with E-state index in [4.69, 9.17) is 17.3 Å². The fraction of sp³-hybridized carbons (Fsp3) is 0.455. The zero-order chi connectivity index (χ0) is 13.3. The van der Waals surface area contributed by atoms with Crippen molar-refractivity contribution in [1.29, 1.82) is 0 Å². The van der Waals surface area contributed by atoms with Crippen LogP contribution in [0.2, 0.25) is 5.02 Å². The minimum absolute atomic E-state index is 0.120. The SMILES string of the molecule is NCC1CCCN1S(=O)(=O)c1cc(Br)ccc1Cl. The molecule has 0 aliphatic carbocycles. The van der Waals surface area contributed by atoms with Gasteiger partial charge >= 0.3 is 0 Å². The number of nitrogens with zero attached hydrogens (tertiary/aromatic N) is 1. The van der Waals surface area contributed by atoms with Crippen molar-refractivity contribution in [2.45, 2.75) is 23.8 Å². The molecule has 1 fully saturated rings. The third kappa shape index (κ3) is 2.58. The summed E-state index contributed by atoms with van der Waals surface area (Å²) in [6, 6.07) is 4.70. The van der Waals surface area contributed by atoms with Gasteiger partial charge in [-0.05, 0) is 31.0 Å². The van der Waals surface area contributed by atoms with Gasteiger partial charge in [0.2, 0.25) is 10.0 Å². The first kappa shape index (κ1) is 14.3. The summed E-state index contributed by atoms with van der Waals surface area (Å²) in [5.74, 6) is 0. The zero-order valence-corrected chi connectivity index (χ0v) is 12.8. The number of benzene rings is 1. The highest BCUT2D eigenvalue weighted by Gasteiger charge is 2.35. The molecule has 1 aromatic rings. The molecule has 0 radical (unpaired) electrons. The Kier molecular flexibility index (Phi) is 4.33. The topological polar surface area (TPSA) is 63.4 Å². The van der Waals surface area contributed by atoms with Crippen LogP contribution in [0.5, 0.6) is 0 Å². The fourth-order valence-corrected chi connectivity index (χ4v) is 4.88. The Hall–Kier alpha value is -0.140. The Bertz CT molecular complexity index is 550. The van der Waals surface area contributed by atoms with Crippen molar-refractivity contribution in [3.8, 4) is 0 Å². The van der Waals surface area contributed by atoms with Crippen molar-refractivity contribution in [3.63, 3.8) is 0 Å². The summed E-state index contributed by atoms with van der Waals surface area (Å²) in [4.78, 5) is 0.138. The van der Waals surface area contributed by atoms with Gasteiger partial charge in [-0.25, -0.2) is 8.42 Å². The smallest absolute Gasteiger partial charge is 0.244 e. The largest absolute Gasteiger partial charge is 0.329 e. The summed E-state index contributed by atoms with van der Waals surface area (Å²) in [5, 5.41) is 0.237. The molecule has 0 amide bonds. The van der Waals surface area contributed by atoms with E-state index in [0.29, 0.717) is 17.6 Å². The zero-order valence-electron chi connectivity index (χ0n) is 9.64. The number of hydrogen-bond acceptors (Lipinski definition) is 3. The predicted molar refractivity (Wildman–Crippen MR) is 75.1 cm³/mol. The normalized spacial score (nSPS) is 21.4. The molecule has 1 heterocycles. The second-order valence-electron chi connectivity index (χ2n) is 4.22. The highest BCUT2D eigenvalue weighted by atomic mass is 79.9. The van der Waals surface area contributed by atoms with Crippen molar-refractivity contribution in [3.05, 3.63) is 27.7 Å². The van der Waals surface area contributed by atoms with E-state index in [0.717, 1.165) is 12.8 Å². The van der Waals surface area contributed by atoms with Crippen LogP contribution in [-0.2, 0) is 10.0 Å². The van der Waals surface area contributed by atoms with Crippen molar-refractivity contribution in [1.82, 2.24) is 4.31 Å². The molecule has 1 saturated heterocycles. The van der Waals surface area contributed by atoms with Gasteiger partial charge in [-0.2, -0.15) is 4.31 Å². The van der Waals surface area contributed by atoms with Crippen molar-refractivity contribution < 1.29 is 8.42 Å². The van der Waals surface area contributed by atoms with Crippen LogP contribution >= 0.6 is 27.5 Å². The van der Waals surface area contributed by atoms with E-state index in [2.05, 4.69) is 15.9 Å². The van der Waals surface area contributed by atoms with E-state index in [1.165, 1.54) is 10.4 Å². The molecule has 1 aromatic carbocycles. The number of halogens is 2. The van der Waals surface area contributed by atoms with Gasteiger partial charge in [-0.3, -0.25) is 0 Å². The standard InChI is InChI=1S/C11H14BrClN2O2S/c12-8-3-4-10(13)11(6-8)18(16,17)15-5-1-2-9(15)7-14/h3-4,6,9H,1-2,5,7,14H2. The molecule has 7 heteroatoms. The molecular formula is C11H14BrClN2O2S. The molecular weight excluding hydrogens is 340 g/mol. The maximum Gasteiger partial charge on any atom is 0.244 e. The Balaban J connectivity index is 2.45. The summed E-state index contributed by atoms with van der Waals surface area (Å²) in [6.07, 6.45) is 1.65. The van der Waals surface area contributed by atoms with Crippen molar-refractivity contribution in [2.75, 3.05) is 13.1 Å². The number of rotatable bonds is 3.